The lowest BCUT2D eigenvalue weighted by Crippen LogP contribution is -2.47. The zero-order valence-electron chi connectivity index (χ0n) is 19.2. The van der Waals surface area contributed by atoms with Gasteiger partial charge in [0.05, 0.1) is 13.2 Å². The van der Waals surface area contributed by atoms with Crippen LogP contribution >= 0.6 is 24.0 Å². The Bertz CT molecular complexity index is 856. The van der Waals surface area contributed by atoms with Gasteiger partial charge in [-0.15, -0.1) is 24.0 Å². The van der Waals surface area contributed by atoms with Crippen LogP contribution in [0.25, 0.3) is 0 Å². The number of ether oxygens (including phenoxy) is 1. The first-order chi connectivity index (χ1) is 15.3. The van der Waals surface area contributed by atoms with E-state index in [0.717, 1.165) is 50.9 Å². The molecule has 2 aliphatic heterocycles. The van der Waals surface area contributed by atoms with Crippen LogP contribution in [0.3, 0.4) is 0 Å². The molecule has 6 nitrogen and oxygen atoms in total. The highest BCUT2D eigenvalue weighted by molar-refractivity contribution is 14.0. The minimum absolute atomic E-state index is 0. The molecule has 32 heavy (non-hydrogen) atoms. The van der Waals surface area contributed by atoms with Crippen molar-refractivity contribution in [2.24, 2.45) is 4.99 Å². The first-order valence-corrected chi connectivity index (χ1v) is 11.4. The summed E-state index contributed by atoms with van der Waals surface area (Å²) in [4.78, 5) is 9.51. The van der Waals surface area contributed by atoms with Crippen LogP contribution in [0.1, 0.15) is 30.9 Å². The predicted molar refractivity (Wildman–Crippen MR) is 144 cm³/mol. The molecule has 0 saturated carbocycles. The van der Waals surface area contributed by atoms with Gasteiger partial charge in [0.15, 0.2) is 5.96 Å². The molecule has 0 spiro atoms. The number of hydrogen-bond donors (Lipinski definition) is 2. The average Bonchev–Trinajstić information content (AvgIpc) is 3.52. The lowest BCUT2D eigenvalue weighted by atomic mass is 10.0. The molecular weight excluding hydrogens is 513 g/mol. The summed E-state index contributed by atoms with van der Waals surface area (Å²) in [6.45, 7) is 5.12. The summed E-state index contributed by atoms with van der Waals surface area (Å²) in [6, 6.07) is 19.7. The Hall–Kier alpha value is -2.00. The van der Waals surface area contributed by atoms with Crippen LogP contribution in [0.4, 0.5) is 5.69 Å². The first kappa shape index (κ1) is 24.6. The molecule has 0 bridgehead atoms. The molecular formula is C25H36IN5O. The Balaban J connectivity index is 0.00000289. The van der Waals surface area contributed by atoms with E-state index in [0.29, 0.717) is 6.04 Å². The molecule has 2 aliphatic rings. The SMILES string of the molecule is CN=C(NCC(c1ccccc1OC)N1CCCC1)NC1CCN(c2ccccc2)C1.I. The normalized spacial score (nSPS) is 20.0. The van der Waals surface area contributed by atoms with Crippen molar-refractivity contribution in [1.82, 2.24) is 15.5 Å². The standard InChI is InChI=1S/C25H35N5O.HI/c1-26-25(28-20-14-17-30(19-20)21-10-4-3-5-11-21)27-18-23(29-15-8-9-16-29)22-12-6-7-13-24(22)31-2;/h3-7,10-13,20,23H,8-9,14-19H2,1-2H3,(H2,26,27,28);1H. The van der Waals surface area contributed by atoms with Gasteiger partial charge < -0.3 is 20.3 Å². The summed E-state index contributed by atoms with van der Waals surface area (Å²) in [5.41, 5.74) is 2.53. The number of rotatable bonds is 7. The van der Waals surface area contributed by atoms with E-state index >= 15 is 0 Å². The Morgan fingerprint density at radius 1 is 1.06 bits per heavy atom. The average molecular weight is 550 g/mol. The van der Waals surface area contributed by atoms with Gasteiger partial charge in [-0.1, -0.05) is 36.4 Å². The first-order valence-electron chi connectivity index (χ1n) is 11.4. The fraction of sp³-hybridized carbons (Fsp3) is 0.480. The van der Waals surface area contributed by atoms with Crippen molar-refractivity contribution in [2.45, 2.75) is 31.3 Å². The molecule has 2 fully saturated rings. The summed E-state index contributed by atoms with van der Waals surface area (Å²) in [6.07, 6.45) is 3.63. The van der Waals surface area contributed by atoms with Crippen molar-refractivity contribution in [3.8, 4) is 5.75 Å². The van der Waals surface area contributed by atoms with Crippen molar-refractivity contribution in [1.29, 1.82) is 0 Å². The molecule has 2 aromatic carbocycles. The number of likely N-dealkylation sites (tertiary alicyclic amines) is 1. The molecule has 2 unspecified atom stereocenters. The fourth-order valence-corrected chi connectivity index (χ4v) is 4.76. The van der Waals surface area contributed by atoms with Crippen LogP contribution in [0.2, 0.25) is 0 Å². The Morgan fingerprint density at radius 2 is 1.78 bits per heavy atom. The van der Waals surface area contributed by atoms with E-state index in [2.05, 4.69) is 74.0 Å². The number of nitrogens with one attached hydrogen (secondary N) is 2. The van der Waals surface area contributed by atoms with Crippen molar-refractivity contribution >= 4 is 35.6 Å². The summed E-state index contributed by atoms with van der Waals surface area (Å²) >= 11 is 0. The van der Waals surface area contributed by atoms with Gasteiger partial charge in [0, 0.05) is 44.0 Å². The highest BCUT2D eigenvalue weighted by Gasteiger charge is 2.27. The summed E-state index contributed by atoms with van der Waals surface area (Å²) < 4.78 is 5.67. The van der Waals surface area contributed by atoms with Crippen molar-refractivity contribution < 1.29 is 4.74 Å². The van der Waals surface area contributed by atoms with Gasteiger partial charge in [0.25, 0.3) is 0 Å². The number of aliphatic imine (C=N–C) groups is 1. The van der Waals surface area contributed by atoms with E-state index in [-0.39, 0.29) is 30.0 Å². The van der Waals surface area contributed by atoms with Gasteiger partial charge >= 0.3 is 0 Å². The highest BCUT2D eigenvalue weighted by atomic mass is 127. The lowest BCUT2D eigenvalue weighted by molar-refractivity contribution is 0.239. The monoisotopic (exact) mass is 549 g/mol. The maximum atomic E-state index is 5.67. The van der Waals surface area contributed by atoms with E-state index in [1.54, 1.807) is 7.11 Å². The van der Waals surface area contributed by atoms with Crippen LogP contribution < -0.4 is 20.3 Å². The molecule has 2 N–H and O–H groups in total. The molecule has 2 aromatic rings. The van der Waals surface area contributed by atoms with E-state index in [4.69, 9.17) is 4.74 Å². The fourth-order valence-electron chi connectivity index (χ4n) is 4.76. The molecule has 0 aliphatic carbocycles. The van der Waals surface area contributed by atoms with Crippen LogP contribution in [0.5, 0.6) is 5.75 Å². The third-order valence-electron chi connectivity index (χ3n) is 6.42. The molecule has 2 saturated heterocycles. The van der Waals surface area contributed by atoms with Crippen molar-refractivity contribution in [3.05, 3.63) is 60.2 Å². The number of hydrogen-bond acceptors (Lipinski definition) is 4. The molecule has 0 amide bonds. The van der Waals surface area contributed by atoms with Gasteiger partial charge in [0.2, 0.25) is 0 Å². The number of nitrogens with zero attached hydrogens (tertiary/aromatic N) is 3. The van der Waals surface area contributed by atoms with Crippen LogP contribution in [0, 0.1) is 0 Å². The van der Waals surface area contributed by atoms with Crippen LogP contribution in [0.15, 0.2) is 59.6 Å². The maximum absolute atomic E-state index is 5.67. The second kappa shape index (κ2) is 12.3. The smallest absolute Gasteiger partial charge is 0.191 e. The molecule has 2 heterocycles. The summed E-state index contributed by atoms with van der Waals surface area (Å²) in [5, 5.41) is 7.24. The van der Waals surface area contributed by atoms with Gasteiger partial charge in [-0.3, -0.25) is 9.89 Å². The second-order valence-corrected chi connectivity index (χ2v) is 8.37. The molecule has 2 atom stereocenters. The van der Waals surface area contributed by atoms with Crippen molar-refractivity contribution in [3.63, 3.8) is 0 Å². The van der Waals surface area contributed by atoms with E-state index in [1.807, 2.05) is 13.1 Å². The number of para-hydroxylation sites is 2. The Morgan fingerprint density at radius 3 is 2.50 bits per heavy atom. The third kappa shape index (κ3) is 6.07. The minimum Gasteiger partial charge on any atom is -0.496 e. The molecule has 0 radical (unpaired) electrons. The number of methoxy groups -OCH3 is 1. The zero-order valence-corrected chi connectivity index (χ0v) is 21.5. The maximum Gasteiger partial charge on any atom is 0.191 e. The number of guanidine groups is 1. The number of benzene rings is 2. The van der Waals surface area contributed by atoms with Gasteiger partial charge in [-0.05, 0) is 50.6 Å². The topological polar surface area (TPSA) is 52.1 Å². The Labute approximate surface area is 209 Å². The number of anilines is 1. The zero-order chi connectivity index (χ0) is 21.5. The molecule has 0 aromatic heterocycles. The second-order valence-electron chi connectivity index (χ2n) is 8.37. The van der Waals surface area contributed by atoms with Gasteiger partial charge in [-0.25, -0.2) is 0 Å². The molecule has 7 heteroatoms. The lowest BCUT2D eigenvalue weighted by Gasteiger charge is -2.30. The van der Waals surface area contributed by atoms with E-state index in [1.165, 1.54) is 24.1 Å². The minimum atomic E-state index is 0. The summed E-state index contributed by atoms with van der Waals surface area (Å²) in [7, 11) is 3.61. The van der Waals surface area contributed by atoms with Crippen molar-refractivity contribution in [2.75, 3.05) is 51.8 Å². The van der Waals surface area contributed by atoms with Crippen LogP contribution in [-0.2, 0) is 0 Å². The van der Waals surface area contributed by atoms with Crippen LogP contribution in [-0.4, -0.2) is 63.8 Å². The van der Waals surface area contributed by atoms with Gasteiger partial charge in [0.1, 0.15) is 5.75 Å². The Kier molecular flexibility index (Phi) is 9.47. The molecule has 4 rings (SSSR count). The largest absolute Gasteiger partial charge is 0.496 e. The number of halogens is 1. The van der Waals surface area contributed by atoms with E-state index < -0.39 is 0 Å². The van der Waals surface area contributed by atoms with Gasteiger partial charge in [-0.2, -0.15) is 0 Å². The third-order valence-corrected chi connectivity index (χ3v) is 6.42. The predicted octanol–water partition coefficient (Wildman–Crippen LogP) is 3.89. The highest BCUT2D eigenvalue weighted by Crippen LogP contribution is 2.31. The van der Waals surface area contributed by atoms with E-state index in [9.17, 15) is 0 Å². The molecule has 174 valence electrons. The quantitative estimate of drug-likeness (QED) is 0.312. The summed E-state index contributed by atoms with van der Waals surface area (Å²) in [5.74, 6) is 1.83.